The van der Waals surface area contributed by atoms with Crippen LogP contribution in [0.1, 0.15) is 18.6 Å². The van der Waals surface area contributed by atoms with E-state index in [4.69, 9.17) is 4.74 Å². The Morgan fingerprint density at radius 3 is 2.87 bits per heavy atom. The fourth-order valence-corrected chi connectivity index (χ4v) is 2.93. The smallest absolute Gasteiger partial charge is 0.0982 e. The van der Waals surface area contributed by atoms with Gasteiger partial charge in [0.25, 0.3) is 0 Å². The number of aryl methyl sites for hydroxylation is 1. The molecule has 0 spiro atoms. The Morgan fingerprint density at radius 2 is 2.13 bits per heavy atom. The molecule has 1 aliphatic heterocycles. The van der Waals surface area contributed by atoms with Gasteiger partial charge in [0.2, 0.25) is 0 Å². The third kappa shape index (κ3) is 4.12. The van der Waals surface area contributed by atoms with E-state index in [0.29, 0.717) is 0 Å². The van der Waals surface area contributed by atoms with Gasteiger partial charge < -0.3 is 9.64 Å². The van der Waals surface area contributed by atoms with Crippen molar-refractivity contribution in [1.82, 2.24) is 14.7 Å². The number of anilines is 1. The second-order valence-corrected chi connectivity index (χ2v) is 6.05. The standard InChI is InChI=1S/C18H26N4O/c1-3-22-14-16(13-19-22)18-15-21(11-12-23-18)10-9-20(2)17-7-5-4-6-8-17/h4-8,13-14,18H,3,9-12,15H2,1-2H3/t18-/m0/s1. The third-order valence-corrected chi connectivity index (χ3v) is 4.45. The molecule has 0 unspecified atom stereocenters. The van der Waals surface area contributed by atoms with E-state index in [2.05, 4.69) is 65.4 Å². The fraction of sp³-hybridized carbons (Fsp3) is 0.500. The van der Waals surface area contributed by atoms with Crippen molar-refractivity contribution in [3.8, 4) is 0 Å². The van der Waals surface area contributed by atoms with Crippen LogP contribution in [-0.2, 0) is 11.3 Å². The predicted octanol–water partition coefficient (Wildman–Crippen LogP) is 2.41. The molecule has 5 nitrogen and oxygen atoms in total. The monoisotopic (exact) mass is 314 g/mol. The van der Waals surface area contributed by atoms with E-state index in [1.165, 1.54) is 11.3 Å². The first-order valence-electron chi connectivity index (χ1n) is 8.38. The van der Waals surface area contributed by atoms with Crippen LogP contribution in [0.4, 0.5) is 5.69 Å². The number of rotatable bonds is 6. The summed E-state index contributed by atoms with van der Waals surface area (Å²) in [5, 5.41) is 4.36. The Morgan fingerprint density at radius 1 is 1.30 bits per heavy atom. The van der Waals surface area contributed by atoms with Crippen LogP contribution in [0.25, 0.3) is 0 Å². The molecule has 23 heavy (non-hydrogen) atoms. The van der Waals surface area contributed by atoms with Gasteiger partial charge in [0, 0.05) is 57.2 Å². The number of hydrogen-bond acceptors (Lipinski definition) is 4. The third-order valence-electron chi connectivity index (χ3n) is 4.45. The minimum absolute atomic E-state index is 0.145. The van der Waals surface area contributed by atoms with Crippen molar-refractivity contribution in [3.05, 3.63) is 48.3 Å². The summed E-state index contributed by atoms with van der Waals surface area (Å²) in [6.07, 6.45) is 4.18. The number of ether oxygens (including phenoxy) is 1. The van der Waals surface area contributed by atoms with E-state index in [9.17, 15) is 0 Å². The van der Waals surface area contributed by atoms with Gasteiger partial charge in [-0.3, -0.25) is 9.58 Å². The lowest BCUT2D eigenvalue weighted by atomic mass is 10.1. The van der Waals surface area contributed by atoms with Crippen molar-refractivity contribution < 1.29 is 4.74 Å². The number of aromatic nitrogens is 2. The number of morpholine rings is 1. The highest BCUT2D eigenvalue weighted by atomic mass is 16.5. The molecule has 0 saturated carbocycles. The summed E-state index contributed by atoms with van der Waals surface area (Å²) in [6, 6.07) is 10.5. The first-order valence-corrected chi connectivity index (χ1v) is 8.38. The predicted molar refractivity (Wildman–Crippen MR) is 92.7 cm³/mol. The lowest BCUT2D eigenvalue weighted by Gasteiger charge is -2.33. The Hall–Kier alpha value is -1.85. The molecule has 1 aromatic carbocycles. The van der Waals surface area contributed by atoms with E-state index in [0.717, 1.165) is 39.3 Å². The van der Waals surface area contributed by atoms with Gasteiger partial charge in [-0.2, -0.15) is 5.10 Å². The molecular formula is C18H26N4O. The Kier molecular flexibility index (Phi) is 5.31. The van der Waals surface area contributed by atoms with Gasteiger partial charge in [-0.1, -0.05) is 18.2 Å². The summed E-state index contributed by atoms with van der Waals surface area (Å²) in [5.74, 6) is 0. The van der Waals surface area contributed by atoms with Gasteiger partial charge in [0.15, 0.2) is 0 Å². The summed E-state index contributed by atoms with van der Waals surface area (Å²) in [7, 11) is 2.15. The van der Waals surface area contributed by atoms with Crippen molar-refractivity contribution in [2.45, 2.75) is 19.6 Å². The van der Waals surface area contributed by atoms with Crippen LogP contribution in [0.3, 0.4) is 0 Å². The Balaban J connectivity index is 1.52. The van der Waals surface area contributed by atoms with Crippen LogP contribution in [0.2, 0.25) is 0 Å². The van der Waals surface area contributed by atoms with Gasteiger partial charge in [0.05, 0.1) is 18.9 Å². The largest absolute Gasteiger partial charge is 0.373 e. The lowest BCUT2D eigenvalue weighted by molar-refractivity contribution is -0.0289. The van der Waals surface area contributed by atoms with Crippen LogP contribution in [0.15, 0.2) is 42.7 Å². The van der Waals surface area contributed by atoms with Crippen LogP contribution in [0.5, 0.6) is 0 Å². The molecule has 3 rings (SSSR count). The molecule has 1 fully saturated rings. The number of likely N-dealkylation sites (N-methyl/N-ethyl adjacent to an activating group) is 1. The number of para-hydroxylation sites is 1. The summed E-state index contributed by atoms with van der Waals surface area (Å²) < 4.78 is 7.89. The van der Waals surface area contributed by atoms with E-state index >= 15 is 0 Å². The van der Waals surface area contributed by atoms with E-state index < -0.39 is 0 Å². The van der Waals surface area contributed by atoms with Crippen LogP contribution in [-0.4, -0.2) is 54.5 Å². The van der Waals surface area contributed by atoms with Gasteiger partial charge in [-0.05, 0) is 19.1 Å². The second kappa shape index (κ2) is 7.62. The molecule has 0 aliphatic carbocycles. The molecule has 2 heterocycles. The summed E-state index contributed by atoms with van der Waals surface area (Å²) in [6.45, 7) is 7.80. The maximum Gasteiger partial charge on any atom is 0.0982 e. The van der Waals surface area contributed by atoms with Gasteiger partial charge in [0.1, 0.15) is 0 Å². The second-order valence-electron chi connectivity index (χ2n) is 6.05. The summed E-state index contributed by atoms with van der Waals surface area (Å²) in [4.78, 5) is 4.79. The first kappa shape index (κ1) is 16.0. The first-order chi connectivity index (χ1) is 11.3. The lowest BCUT2D eigenvalue weighted by Crippen LogP contribution is -2.42. The molecule has 0 amide bonds. The molecule has 5 heteroatoms. The fourth-order valence-electron chi connectivity index (χ4n) is 2.93. The zero-order valence-corrected chi connectivity index (χ0v) is 14.1. The highest BCUT2D eigenvalue weighted by molar-refractivity contribution is 5.44. The number of hydrogen-bond donors (Lipinski definition) is 0. The molecule has 1 atom stereocenters. The highest BCUT2D eigenvalue weighted by Crippen LogP contribution is 2.21. The highest BCUT2D eigenvalue weighted by Gasteiger charge is 2.23. The van der Waals surface area contributed by atoms with Crippen LogP contribution < -0.4 is 4.90 Å². The zero-order chi connectivity index (χ0) is 16.1. The van der Waals surface area contributed by atoms with Crippen molar-refractivity contribution >= 4 is 5.69 Å². The number of nitrogens with zero attached hydrogens (tertiary/aromatic N) is 4. The maximum atomic E-state index is 5.93. The number of benzene rings is 1. The van der Waals surface area contributed by atoms with E-state index in [-0.39, 0.29) is 6.10 Å². The van der Waals surface area contributed by atoms with Crippen molar-refractivity contribution in [1.29, 1.82) is 0 Å². The molecule has 1 aliphatic rings. The molecule has 1 aromatic heterocycles. The minimum Gasteiger partial charge on any atom is -0.373 e. The normalized spacial score (nSPS) is 19.0. The van der Waals surface area contributed by atoms with E-state index in [1.54, 1.807) is 0 Å². The Labute approximate surface area is 138 Å². The van der Waals surface area contributed by atoms with Crippen LogP contribution >= 0.6 is 0 Å². The minimum atomic E-state index is 0.145. The zero-order valence-electron chi connectivity index (χ0n) is 14.1. The van der Waals surface area contributed by atoms with Crippen molar-refractivity contribution in [3.63, 3.8) is 0 Å². The van der Waals surface area contributed by atoms with Gasteiger partial charge in [-0.25, -0.2) is 0 Å². The van der Waals surface area contributed by atoms with Crippen LogP contribution in [0, 0.1) is 0 Å². The molecule has 0 bridgehead atoms. The SMILES string of the molecule is CCn1cc([C@@H]2CN(CCN(C)c3ccccc3)CCO2)cn1. The summed E-state index contributed by atoms with van der Waals surface area (Å²) in [5.41, 5.74) is 2.45. The molecule has 0 radical (unpaired) electrons. The van der Waals surface area contributed by atoms with Crippen molar-refractivity contribution in [2.24, 2.45) is 0 Å². The quantitative estimate of drug-likeness (QED) is 0.820. The molecule has 1 saturated heterocycles. The maximum absolute atomic E-state index is 5.93. The molecule has 2 aromatic rings. The van der Waals surface area contributed by atoms with Gasteiger partial charge >= 0.3 is 0 Å². The topological polar surface area (TPSA) is 33.5 Å². The average Bonchev–Trinajstić information content (AvgIpc) is 3.10. The van der Waals surface area contributed by atoms with Crippen molar-refractivity contribution in [2.75, 3.05) is 44.7 Å². The van der Waals surface area contributed by atoms with E-state index in [1.807, 2.05) is 10.9 Å². The molecule has 124 valence electrons. The molecular weight excluding hydrogens is 288 g/mol. The average molecular weight is 314 g/mol. The summed E-state index contributed by atoms with van der Waals surface area (Å²) >= 11 is 0. The molecule has 0 N–H and O–H groups in total. The van der Waals surface area contributed by atoms with Gasteiger partial charge in [-0.15, -0.1) is 0 Å². The Bertz CT molecular complexity index is 598.